The Hall–Kier alpha value is -1.57. The monoisotopic (exact) mass is 246 g/mol. The molecule has 1 rings (SSSR count). The molecule has 0 aromatic heterocycles. The summed E-state index contributed by atoms with van der Waals surface area (Å²) in [5.41, 5.74) is 4.38. The summed E-state index contributed by atoms with van der Waals surface area (Å²) in [7, 11) is 0. The molecule has 0 saturated heterocycles. The Balaban J connectivity index is 3.18. The fourth-order valence-electron chi connectivity index (χ4n) is 1.90. The van der Waals surface area contributed by atoms with Crippen LogP contribution in [0.5, 0.6) is 0 Å². The molecule has 0 saturated carbocycles. The summed E-state index contributed by atoms with van der Waals surface area (Å²) >= 11 is 0. The second-order valence-electron chi connectivity index (χ2n) is 6.04. The molecule has 0 heterocycles. The van der Waals surface area contributed by atoms with Crippen LogP contribution >= 0.6 is 0 Å². The fraction of sp³-hybridized carbons (Fsp3) is 0.438. The van der Waals surface area contributed by atoms with Gasteiger partial charge >= 0.3 is 5.97 Å². The van der Waals surface area contributed by atoms with Crippen molar-refractivity contribution >= 4 is 11.5 Å². The van der Waals surface area contributed by atoms with E-state index in [-0.39, 0.29) is 5.41 Å². The molecule has 0 unspecified atom stereocenters. The van der Waals surface area contributed by atoms with E-state index in [1.165, 1.54) is 17.2 Å². The minimum absolute atomic E-state index is 0.0695. The van der Waals surface area contributed by atoms with Crippen molar-refractivity contribution < 1.29 is 9.90 Å². The summed E-state index contributed by atoms with van der Waals surface area (Å²) in [5.74, 6) is -0.882. The number of carboxylic acids is 1. The number of carbonyl (C=O) groups is 1. The van der Waals surface area contributed by atoms with Gasteiger partial charge in [0.25, 0.3) is 0 Å². The van der Waals surface area contributed by atoms with Gasteiger partial charge in [0.15, 0.2) is 0 Å². The Morgan fingerprint density at radius 2 is 1.83 bits per heavy atom. The molecule has 1 aromatic rings. The molecule has 2 heteroatoms. The van der Waals surface area contributed by atoms with E-state index in [2.05, 4.69) is 33.8 Å². The van der Waals surface area contributed by atoms with Crippen LogP contribution < -0.4 is 0 Å². The van der Waals surface area contributed by atoms with E-state index in [4.69, 9.17) is 5.11 Å². The summed E-state index contributed by atoms with van der Waals surface area (Å²) in [4.78, 5) is 10.9. The molecule has 0 radical (unpaired) electrons. The second-order valence-corrected chi connectivity index (χ2v) is 6.04. The first-order valence-corrected chi connectivity index (χ1v) is 6.20. The molecular weight excluding hydrogens is 224 g/mol. The van der Waals surface area contributed by atoms with E-state index in [0.29, 0.717) is 0 Å². The molecular formula is C16H22O2. The van der Waals surface area contributed by atoms with Crippen LogP contribution in [0.15, 0.2) is 24.3 Å². The third-order valence-corrected chi connectivity index (χ3v) is 2.90. The topological polar surface area (TPSA) is 37.3 Å². The third kappa shape index (κ3) is 4.36. The van der Waals surface area contributed by atoms with Gasteiger partial charge in [-0.05, 0) is 47.9 Å². The van der Waals surface area contributed by atoms with Crippen molar-refractivity contribution in [3.05, 3.63) is 41.0 Å². The number of hydrogen-bond donors (Lipinski definition) is 1. The van der Waals surface area contributed by atoms with Gasteiger partial charge in [-0.3, -0.25) is 0 Å². The Bertz CT molecular complexity index is 476. The number of aryl methyl sites for hydroxylation is 2. The standard InChI is InChI=1S/C16H22O2/c1-11-6-7-13(8-12(11)2)14(9-15(17)18)10-16(3,4)5/h6-9H,10H2,1-5H3,(H,17,18)/b14-9-. The number of carboxylic acid groups (broad SMARTS) is 1. The van der Waals surface area contributed by atoms with Crippen LogP contribution in [0.2, 0.25) is 0 Å². The quantitative estimate of drug-likeness (QED) is 0.811. The first kappa shape index (κ1) is 14.5. The van der Waals surface area contributed by atoms with Crippen molar-refractivity contribution in [2.75, 3.05) is 0 Å². The van der Waals surface area contributed by atoms with E-state index >= 15 is 0 Å². The van der Waals surface area contributed by atoms with Gasteiger partial charge in [0.2, 0.25) is 0 Å². The first-order chi connectivity index (χ1) is 8.19. The molecule has 98 valence electrons. The van der Waals surface area contributed by atoms with Crippen LogP contribution in [0.25, 0.3) is 5.57 Å². The molecule has 1 aromatic carbocycles. The predicted molar refractivity (Wildman–Crippen MR) is 75.6 cm³/mol. The highest BCUT2D eigenvalue weighted by Crippen LogP contribution is 2.31. The molecule has 0 atom stereocenters. The van der Waals surface area contributed by atoms with Crippen LogP contribution in [-0.4, -0.2) is 11.1 Å². The first-order valence-electron chi connectivity index (χ1n) is 6.20. The summed E-state index contributed by atoms with van der Waals surface area (Å²) in [6.07, 6.45) is 2.08. The molecule has 1 N–H and O–H groups in total. The Kier molecular flexibility index (Phi) is 4.33. The lowest BCUT2D eigenvalue weighted by molar-refractivity contribution is -0.131. The van der Waals surface area contributed by atoms with Crippen molar-refractivity contribution in [2.45, 2.75) is 41.0 Å². The molecule has 0 aliphatic carbocycles. The molecule has 0 fully saturated rings. The molecule has 0 amide bonds. The predicted octanol–water partition coefficient (Wildman–Crippen LogP) is 4.21. The molecule has 0 aliphatic heterocycles. The maximum Gasteiger partial charge on any atom is 0.328 e. The number of allylic oxidation sites excluding steroid dienone is 1. The number of rotatable bonds is 3. The lowest BCUT2D eigenvalue weighted by Gasteiger charge is -2.21. The molecule has 0 spiro atoms. The summed E-state index contributed by atoms with van der Waals surface area (Å²) in [5, 5.41) is 8.99. The Morgan fingerprint density at radius 3 is 2.28 bits per heavy atom. The van der Waals surface area contributed by atoms with Crippen LogP contribution in [0.1, 0.15) is 43.9 Å². The third-order valence-electron chi connectivity index (χ3n) is 2.90. The maximum absolute atomic E-state index is 10.9. The van der Waals surface area contributed by atoms with Crippen LogP contribution in [0, 0.1) is 19.3 Å². The van der Waals surface area contributed by atoms with Gasteiger partial charge in [-0.2, -0.15) is 0 Å². The number of hydrogen-bond acceptors (Lipinski definition) is 1. The molecule has 18 heavy (non-hydrogen) atoms. The smallest absolute Gasteiger partial charge is 0.328 e. The fourth-order valence-corrected chi connectivity index (χ4v) is 1.90. The normalized spacial score (nSPS) is 12.6. The zero-order valence-electron chi connectivity index (χ0n) is 11.9. The SMILES string of the molecule is Cc1ccc(/C(=C\C(=O)O)CC(C)(C)C)cc1C. The minimum Gasteiger partial charge on any atom is -0.478 e. The zero-order valence-corrected chi connectivity index (χ0v) is 11.9. The van der Waals surface area contributed by atoms with Crippen LogP contribution in [0.4, 0.5) is 0 Å². The molecule has 0 aliphatic rings. The van der Waals surface area contributed by atoms with E-state index in [0.717, 1.165) is 17.6 Å². The summed E-state index contributed by atoms with van der Waals surface area (Å²) < 4.78 is 0. The van der Waals surface area contributed by atoms with Gasteiger partial charge in [0.05, 0.1) is 0 Å². The number of benzene rings is 1. The summed E-state index contributed by atoms with van der Waals surface area (Å²) in [6, 6.07) is 6.11. The largest absolute Gasteiger partial charge is 0.478 e. The number of aliphatic carboxylic acids is 1. The van der Waals surface area contributed by atoms with Crippen molar-refractivity contribution in [3.8, 4) is 0 Å². The van der Waals surface area contributed by atoms with Crippen LogP contribution in [0.3, 0.4) is 0 Å². The Morgan fingerprint density at radius 1 is 1.22 bits per heavy atom. The van der Waals surface area contributed by atoms with Gasteiger partial charge in [0.1, 0.15) is 0 Å². The summed E-state index contributed by atoms with van der Waals surface area (Å²) in [6.45, 7) is 10.5. The second kappa shape index (κ2) is 5.38. The minimum atomic E-state index is -0.882. The van der Waals surface area contributed by atoms with E-state index in [9.17, 15) is 4.79 Å². The van der Waals surface area contributed by atoms with Gasteiger partial charge in [-0.1, -0.05) is 39.0 Å². The zero-order chi connectivity index (χ0) is 13.9. The molecule has 0 bridgehead atoms. The van der Waals surface area contributed by atoms with Crippen molar-refractivity contribution in [2.24, 2.45) is 5.41 Å². The average molecular weight is 246 g/mol. The average Bonchev–Trinajstić information content (AvgIpc) is 2.18. The lowest BCUT2D eigenvalue weighted by Crippen LogP contribution is -2.07. The van der Waals surface area contributed by atoms with E-state index < -0.39 is 5.97 Å². The Labute approximate surface area is 109 Å². The van der Waals surface area contributed by atoms with Gasteiger partial charge in [-0.15, -0.1) is 0 Å². The van der Waals surface area contributed by atoms with Gasteiger partial charge in [0, 0.05) is 6.08 Å². The van der Waals surface area contributed by atoms with Crippen molar-refractivity contribution in [1.82, 2.24) is 0 Å². The lowest BCUT2D eigenvalue weighted by atomic mass is 9.84. The maximum atomic E-state index is 10.9. The van der Waals surface area contributed by atoms with Gasteiger partial charge in [-0.25, -0.2) is 4.79 Å². The van der Waals surface area contributed by atoms with E-state index in [1.807, 2.05) is 19.1 Å². The highest BCUT2D eigenvalue weighted by molar-refractivity contribution is 5.90. The highest BCUT2D eigenvalue weighted by Gasteiger charge is 2.16. The highest BCUT2D eigenvalue weighted by atomic mass is 16.4. The van der Waals surface area contributed by atoms with Crippen LogP contribution in [-0.2, 0) is 4.79 Å². The van der Waals surface area contributed by atoms with E-state index in [1.54, 1.807) is 0 Å². The van der Waals surface area contributed by atoms with Gasteiger partial charge < -0.3 is 5.11 Å². The van der Waals surface area contributed by atoms with Crippen molar-refractivity contribution in [1.29, 1.82) is 0 Å². The van der Waals surface area contributed by atoms with Crippen molar-refractivity contribution in [3.63, 3.8) is 0 Å². The molecule has 2 nitrogen and oxygen atoms in total.